The van der Waals surface area contributed by atoms with Gasteiger partial charge in [-0.25, -0.2) is 0 Å². The first-order valence-electron chi connectivity index (χ1n) is 8.02. The number of nitrogens with two attached hydrogens (primary N) is 1. The third kappa shape index (κ3) is 6.03. The maximum atomic E-state index is 5.97. The molecule has 0 aromatic heterocycles. The van der Waals surface area contributed by atoms with Crippen LogP contribution in [0.2, 0.25) is 0 Å². The zero-order chi connectivity index (χ0) is 15.1. The fraction of sp³-hybridized carbons (Fsp3) is 0.647. The molecule has 22 heavy (non-hydrogen) atoms. The van der Waals surface area contributed by atoms with Crippen molar-refractivity contribution in [3.63, 3.8) is 0 Å². The van der Waals surface area contributed by atoms with Crippen LogP contribution in [0.25, 0.3) is 0 Å². The number of ether oxygens (including phenoxy) is 2. The molecule has 0 spiro atoms. The maximum absolute atomic E-state index is 5.97. The number of nitrogens with zero attached hydrogens (tertiary/aromatic N) is 1. The normalized spacial score (nSPS) is 17.6. The molecule has 0 radical (unpaired) electrons. The number of rotatable bonds is 7. The summed E-state index contributed by atoms with van der Waals surface area (Å²) in [5.41, 5.74) is 5.97. The lowest BCUT2D eigenvalue weighted by Crippen LogP contribution is -2.41. The van der Waals surface area contributed by atoms with Crippen LogP contribution in [0.5, 0.6) is 11.5 Å². The lowest BCUT2D eigenvalue weighted by molar-refractivity contribution is 0.147. The third-order valence-electron chi connectivity index (χ3n) is 4.19. The predicted molar refractivity (Wildman–Crippen MR) is 93.2 cm³/mol. The summed E-state index contributed by atoms with van der Waals surface area (Å²) >= 11 is 0. The molecule has 2 N–H and O–H groups in total. The summed E-state index contributed by atoms with van der Waals surface area (Å²) in [6.45, 7) is 8.79. The van der Waals surface area contributed by atoms with E-state index in [1.807, 2.05) is 31.2 Å². The number of piperidine rings is 1. The van der Waals surface area contributed by atoms with Crippen LogP contribution >= 0.6 is 12.4 Å². The first-order valence-corrected chi connectivity index (χ1v) is 8.02. The molecule has 2 rings (SSSR count). The number of likely N-dealkylation sites (tertiary alicyclic amines) is 1. The molecule has 1 aliphatic heterocycles. The Bertz CT molecular complexity index is 404. The van der Waals surface area contributed by atoms with Crippen LogP contribution < -0.4 is 15.2 Å². The predicted octanol–water partition coefficient (Wildman–Crippen LogP) is 2.95. The molecule has 4 nitrogen and oxygen atoms in total. The summed E-state index contributed by atoms with van der Waals surface area (Å²) in [5.74, 6) is 2.49. The Kier molecular flexibility index (Phi) is 8.61. The lowest BCUT2D eigenvalue weighted by atomic mass is 9.91. The first-order chi connectivity index (χ1) is 10.2. The highest BCUT2D eigenvalue weighted by atomic mass is 35.5. The van der Waals surface area contributed by atoms with E-state index < -0.39 is 0 Å². The molecule has 0 amide bonds. The Morgan fingerprint density at radius 3 is 2.18 bits per heavy atom. The van der Waals surface area contributed by atoms with Gasteiger partial charge >= 0.3 is 0 Å². The Morgan fingerprint density at radius 1 is 1.14 bits per heavy atom. The van der Waals surface area contributed by atoms with Gasteiger partial charge in [0.25, 0.3) is 0 Å². The molecule has 1 heterocycles. The molecule has 0 bridgehead atoms. The van der Waals surface area contributed by atoms with Gasteiger partial charge in [-0.15, -0.1) is 12.4 Å². The average molecular weight is 329 g/mol. The summed E-state index contributed by atoms with van der Waals surface area (Å²) in [6, 6.07) is 8.16. The summed E-state index contributed by atoms with van der Waals surface area (Å²) in [6.07, 6.45) is 2.42. The van der Waals surface area contributed by atoms with Crippen LogP contribution in [-0.4, -0.2) is 43.8 Å². The Hall–Kier alpha value is -0.970. The quantitative estimate of drug-likeness (QED) is 0.836. The standard InChI is InChI=1S/C17H28N2O2.ClH/c1-3-20-16-4-6-17(7-5-16)21-13-12-19-10-8-15(9-11-19)14(2)18;/h4-7,14-15H,3,8-13,18H2,1-2H3;1H. The number of hydrogen-bond donors (Lipinski definition) is 1. The molecule has 0 saturated carbocycles. The summed E-state index contributed by atoms with van der Waals surface area (Å²) in [5, 5.41) is 0. The van der Waals surface area contributed by atoms with E-state index in [9.17, 15) is 0 Å². The Labute approximate surface area is 140 Å². The smallest absolute Gasteiger partial charge is 0.119 e. The molecular weight excluding hydrogens is 300 g/mol. The van der Waals surface area contributed by atoms with Crippen molar-refractivity contribution in [2.75, 3.05) is 32.8 Å². The molecule has 0 aliphatic carbocycles. The molecule has 1 aromatic carbocycles. The van der Waals surface area contributed by atoms with Gasteiger partial charge in [0, 0.05) is 12.6 Å². The van der Waals surface area contributed by atoms with E-state index in [0.717, 1.165) is 37.7 Å². The molecule has 1 saturated heterocycles. The van der Waals surface area contributed by atoms with Crippen molar-refractivity contribution < 1.29 is 9.47 Å². The van der Waals surface area contributed by atoms with E-state index in [1.54, 1.807) is 0 Å². The highest BCUT2D eigenvalue weighted by Gasteiger charge is 2.21. The van der Waals surface area contributed by atoms with Crippen LogP contribution in [0.4, 0.5) is 0 Å². The van der Waals surface area contributed by atoms with Crippen LogP contribution in [0, 0.1) is 5.92 Å². The van der Waals surface area contributed by atoms with Crippen LogP contribution in [0.3, 0.4) is 0 Å². The molecular formula is C17H29ClN2O2. The van der Waals surface area contributed by atoms with Gasteiger partial charge in [-0.05, 0) is 70.0 Å². The van der Waals surface area contributed by atoms with E-state index in [2.05, 4.69) is 11.8 Å². The highest BCUT2D eigenvalue weighted by Crippen LogP contribution is 2.20. The van der Waals surface area contributed by atoms with Crippen molar-refractivity contribution in [3.8, 4) is 11.5 Å². The van der Waals surface area contributed by atoms with Crippen LogP contribution in [-0.2, 0) is 0 Å². The summed E-state index contributed by atoms with van der Waals surface area (Å²) in [7, 11) is 0. The second-order valence-corrected chi connectivity index (χ2v) is 5.79. The van der Waals surface area contributed by atoms with E-state index in [4.69, 9.17) is 15.2 Å². The highest BCUT2D eigenvalue weighted by molar-refractivity contribution is 5.85. The molecule has 1 fully saturated rings. The van der Waals surface area contributed by atoms with Crippen LogP contribution in [0.1, 0.15) is 26.7 Å². The van der Waals surface area contributed by atoms with Gasteiger partial charge in [-0.2, -0.15) is 0 Å². The minimum Gasteiger partial charge on any atom is -0.494 e. The molecule has 1 aliphatic rings. The van der Waals surface area contributed by atoms with Gasteiger partial charge in [-0.3, -0.25) is 4.90 Å². The van der Waals surface area contributed by atoms with Gasteiger partial charge < -0.3 is 15.2 Å². The first kappa shape index (κ1) is 19.1. The zero-order valence-corrected chi connectivity index (χ0v) is 14.5. The van der Waals surface area contributed by atoms with Gasteiger partial charge in [0.05, 0.1) is 6.61 Å². The zero-order valence-electron chi connectivity index (χ0n) is 13.7. The molecule has 5 heteroatoms. The average Bonchev–Trinajstić information content (AvgIpc) is 2.50. The fourth-order valence-corrected chi connectivity index (χ4v) is 2.79. The molecule has 126 valence electrons. The van der Waals surface area contributed by atoms with Gasteiger partial charge in [0.15, 0.2) is 0 Å². The second-order valence-electron chi connectivity index (χ2n) is 5.79. The van der Waals surface area contributed by atoms with Crippen molar-refractivity contribution >= 4 is 12.4 Å². The van der Waals surface area contributed by atoms with Crippen molar-refractivity contribution in [2.45, 2.75) is 32.7 Å². The van der Waals surface area contributed by atoms with E-state index in [1.165, 1.54) is 12.8 Å². The van der Waals surface area contributed by atoms with Crippen molar-refractivity contribution in [3.05, 3.63) is 24.3 Å². The minimum atomic E-state index is 0. The van der Waals surface area contributed by atoms with Gasteiger partial charge in [0.2, 0.25) is 0 Å². The molecule has 1 atom stereocenters. The lowest BCUT2D eigenvalue weighted by Gasteiger charge is -2.33. The molecule has 1 aromatic rings. The van der Waals surface area contributed by atoms with Crippen LogP contribution in [0.15, 0.2) is 24.3 Å². The largest absolute Gasteiger partial charge is 0.494 e. The molecule has 1 unspecified atom stereocenters. The van der Waals surface area contributed by atoms with Crippen molar-refractivity contribution in [2.24, 2.45) is 11.7 Å². The third-order valence-corrected chi connectivity index (χ3v) is 4.19. The van der Waals surface area contributed by atoms with E-state index >= 15 is 0 Å². The number of halogens is 1. The number of benzene rings is 1. The van der Waals surface area contributed by atoms with E-state index in [-0.39, 0.29) is 12.4 Å². The Morgan fingerprint density at radius 2 is 1.68 bits per heavy atom. The minimum absolute atomic E-state index is 0. The fourth-order valence-electron chi connectivity index (χ4n) is 2.79. The summed E-state index contributed by atoms with van der Waals surface area (Å²) in [4.78, 5) is 2.47. The van der Waals surface area contributed by atoms with Crippen molar-refractivity contribution in [1.82, 2.24) is 4.90 Å². The van der Waals surface area contributed by atoms with Gasteiger partial charge in [-0.1, -0.05) is 0 Å². The number of hydrogen-bond acceptors (Lipinski definition) is 4. The summed E-state index contributed by atoms with van der Waals surface area (Å²) < 4.78 is 11.2. The SMILES string of the molecule is CCOc1ccc(OCCN2CCC(C(C)N)CC2)cc1.Cl. The second kappa shape index (κ2) is 9.93. The maximum Gasteiger partial charge on any atom is 0.119 e. The Balaban J connectivity index is 0.00000242. The van der Waals surface area contributed by atoms with Crippen molar-refractivity contribution in [1.29, 1.82) is 0 Å². The topological polar surface area (TPSA) is 47.7 Å². The van der Waals surface area contributed by atoms with E-state index in [0.29, 0.717) is 18.6 Å². The monoisotopic (exact) mass is 328 g/mol. The van der Waals surface area contributed by atoms with Gasteiger partial charge in [0.1, 0.15) is 18.1 Å².